The van der Waals surface area contributed by atoms with Crippen LogP contribution in [0.3, 0.4) is 0 Å². The summed E-state index contributed by atoms with van der Waals surface area (Å²) in [7, 11) is 0. The van der Waals surface area contributed by atoms with Gasteiger partial charge >= 0.3 is 0 Å². The Morgan fingerprint density at radius 1 is 1.11 bits per heavy atom. The SMILES string of the molecule is O=C(NC12CCC(F)(CC1)C2)c1cn(-c2ccc(F)cc2F)c2nc(N3CC[C@H](F)C3)ccc2c1=O. The molecule has 1 N–H and O–H groups in total. The smallest absolute Gasteiger partial charge is 0.257 e. The van der Waals surface area contributed by atoms with Gasteiger partial charge < -0.3 is 10.2 Å². The first-order chi connectivity index (χ1) is 17.2. The Balaban J connectivity index is 1.48. The van der Waals surface area contributed by atoms with E-state index in [-0.39, 0.29) is 35.2 Å². The van der Waals surface area contributed by atoms with Crippen LogP contribution in [0.15, 0.2) is 41.3 Å². The van der Waals surface area contributed by atoms with E-state index in [9.17, 15) is 27.2 Å². The number of aromatic nitrogens is 2. The number of amides is 1. The van der Waals surface area contributed by atoms with Gasteiger partial charge in [0.25, 0.3) is 5.91 Å². The average molecular weight is 500 g/mol. The molecule has 3 aliphatic rings. The summed E-state index contributed by atoms with van der Waals surface area (Å²) in [4.78, 5) is 33.0. The molecule has 36 heavy (non-hydrogen) atoms. The van der Waals surface area contributed by atoms with E-state index < -0.39 is 40.3 Å². The van der Waals surface area contributed by atoms with Gasteiger partial charge in [-0.15, -0.1) is 0 Å². The minimum Gasteiger partial charge on any atom is -0.354 e. The van der Waals surface area contributed by atoms with Crippen molar-refractivity contribution >= 4 is 22.8 Å². The summed E-state index contributed by atoms with van der Waals surface area (Å²) < 4.78 is 58.2. The second kappa shape index (κ2) is 8.04. The zero-order valence-corrected chi connectivity index (χ0v) is 19.4. The van der Waals surface area contributed by atoms with E-state index in [2.05, 4.69) is 10.3 Å². The molecule has 10 heteroatoms. The molecule has 6 rings (SSSR count). The molecule has 3 heterocycles. The predicted molar refractivity (Wildman–Crippen MR) is 126 cm³/mol. The van der Waals surface area contributed by atoms with Crippen LogP contribution in [0.25, 0.3) is 16.7 Å². The third-order valence-electron chi connectivity index (χ3n) is 7.84. The van der Waals surface area contributed by atoms with Crippen LogP contribution in [-0.2, 0) is 0 Å². The number of fused-ring (bicyclic) bond motifs is 3. The van der Waals surface area contributed by atoms with Gasteiger partial charge in [0.2, 0.25) is 5.43 Å². The number of carbonyl (C=O) groups is 1. The molecule has 2 saturated carbocycles. The van der Waals surface area contributed by atoms with Gasteiger partial charge in [-0.2, -0.15) is 0 Å². The number of rotatable bonds is 4. The highest BCUT2D eigenvalue weighted by Gasteiger charge is 2.55. The van der Waals surface area contributed by atoms with E-state index in [1.165, 1.54) is 22.9 Å². The number of benzene rings is 1. The molecule has 3 fully saturated rings. The van der Waals surface area contributed by atoms with Crippen molar-refractivity contribution in [3.63, 3.8) is 0 Å². The van der Waals surface area contributed by atoms with Crippen molar-refractivity contribution in [1.82, 2.24) is 14.9 Å². The molecule has 1 atom stereocenters. The van der Waals surface area contributed by atoms with Crippen LogP contribution in [0.2, 0.25) is 0 Å². The summed E-state index contributed by atoms with van der Waals surface area (Å²) in [5.74, 6) is -1.95. The Labute approximate surface area is 203 Å². The number of pyridine rings is 2. The monoisotopic (exact) mass is 500 g/mol. The van der Waals surface area contributed by atoms with Crippen molar-refractivity contribution in [1.29, 1.82) is 0 Å². The van der Waals surface area contributed by atoms with E-state index in [1.54, 1.807) is 11.0 Å². The van der Waals surface area contributed by atoms with E-state index in [1.807, 2.05) is 0 Å². The quantitative estimate of drug-likeness (QED) is 0.541. The van der Waals surface area contributed by atoms with Crippen LogP contribution < -0.4 is 15.6 Å². The molecule has 6 nitrogen and oxygen atoms in total. The zero-order valence-electron chi connectivity index (χ0n) is 19.4. The van der Waals surface area contributed by atoms with Crippen LogP contribution in [0.1, 0.15) is 48.9 Å². The van der Waals surface area contributed by atoms with Crippen LogP contribution in [0.4, 0.5) is 23.4 Å². The van der Waals surface area contributed by atoms with Gasteiger partial charge in [-0.3, -0.25) is 14.2 Å². The van der Waals surface area contributed by atoms with E-state index in [0.717, 1.165) is 6.07 Å². The van der Waals surface area contributed by atoms with E-state index in [0.29, 0.717) is 50.5 Å². The first kappa shape index (κ1) is 23.0. The largest absolute Gasteiger partial charge is 0.354 e. The second-order valence-corrected chi connectivity index (χ2v) is 10.3. The first-order valence-electron chi connectivity index (χ1n) is 12.1. The molecule has 2 aromatic heterocycles. The number of halogens is 4. The molecule has 1 saturated heterocycles. The summed E-state index contributed by atoms with van der Waals surface area (Å²) >= 11 is 0. The maximum Gasteiger partial charge on any atom is 0.257 e. The molecule has 0 spiro atoms. The molecule has 2 aliphatic carbocycles. The third kappa shape index (κ3) is 3.74. The summed E-state index contributed by atoms with van der Waals surface area (Å²) in [5, 5.41) is 2.93. The Morgan fingerprint density at radius 3 is 2.53 bits per heavy atom. The lowest BCUT2D eigenvalue weighted by Crippen LogP contribution is -2.46. The zero-order chi connectivity index (χ0) is 25.2. The number of anilines is 1. The molecular formula is C26H24F4N4O2. The molecule has 3 aromatic rings. The Bertz CT molecular complexity index is 1450. The van der Waals surface area contributed by atoms with Crippen molar-refractivity contribution < 1.29 is 22.4 Å². The van der Waals surface area contributed by atoms with Crippen LogP contribution in [0.5, 0.6) is 0 Å². The van der Waals surface area contributed by atoms with Crippen molar-refractivity contribution in [3.05, 3.63) is 63.9 Å². The van der Waals surface area contributed by atoms with Crippen molar-refractivity contribution in [2.24, 2.45) is 0 Å². The summed E-state index contributed by atoms with van der Waals surface area (Å²) in [6.07, 6.45) is 2.44. The number of nitrogens with one attached hydrogen (secondary N) is 1. The van der Waals surface area contributed by atoms with Gasteiger partial charge in [-0.05, 0) is 56.4 Å². The van der Waals surface area contributed by atoms with Gasteiger partial charge in [0.15, 0.2) is 5.65 Å². The van der Waals surface area contributed by atoms with E-state index in [4.69, 9.17) is 0 Å². The standard InChI is InChI=1S/C26H24F4N4O2/c27-15-1-3-20(19(29)11-15)34-13-18(24(36)32-26-8-6-25(30,14-26)7-9-26)22(35)17-2-4-21(31-23(17)34)33-10-5-16(28)12-33/h1-4,11,13,16H,5-10,12,14H2,(H,32,36)/t16-,25?,26?/m0/s1. The summed E-state index contributed by atoms with van der Waals surface area (Å²) in [6.45, 7) is 0.583. The lowest BCUT2D eigenvalue weighted by molar-refractivity contribution is 0.0899. The number of alkyl halides is 2. The Hall–Kier alpha value is -3.43. The van der Waals surface area contributed by atoms with Gasteiger partial charge in [-0.25, -0.2) is 22.5 Å². The third-order valence-corrected chi connectivity index (χ3v) is 7.84. The van der Waals surface area contributed by atoms with Crippen LogP contribution in [-0.4, -0.2) is 45.9 Å². The van der Waals surface area contributed by atoms with Crippen LogP contribution >= 0.6 is 0 Å². The normalized spacial score (nSPS) is 27.2. The fourth-order valence-electron chi connectivity index (χ4n) is 5.93. The van der Waals surface area contributed by atoms with Crippen molar-refractivity contribution in [3.8, 4) is 5.69 Å². The predicted octanol–water partition coefficient (Wildman–Crippen LogP) is 4.37. The summed E-state index contributed by atoms with van der Waals surface area (Å²) in [5.41, 5.74) is -2.90. The second-order valence-electron chi connectivity index (χ2n) is 10.3. The minimum absolute atomic E-state index is 0.0568. The highest BCUT2D eigenvalue weighted by Crippen LogP contribution is 2.52. The highest BCUT2D eigenvalue weighted by atomic mass is 19.1. The van der Waals surface area contributed by atoms with Gasteiger partial charge in [-0.1, -0.05) is 0 Å². The number of carbonyl (C=O) groups excluding carboxylic acids is 1. The lowest BCUT2D eigenvalue weighted by atomic mass is 9.93. The van der Waals surface area contributed by atoms with Crippen LogP contribution in [0, 0.1) is 11.6 Å². The summed E-state index contributed by atoms with van der Waals surface area (Å²) in [6, 6.07) is 6.02. The molecule has 0 radical (unpaired) electrons. The molecule has 1 aliphatic heterocycles. The molecular weight excluding hydrogens is 476 g/mol. The maximum absolute atomic E-state index is 14.9. The fraction of sp³-hybridized carbons (Fsp3) is 0.423. The molecule has 1 amide bonds. The maximum atomic E-state index is 14.9. The molecule has 0 unspecified atom stereocenters. The fourth-order valence-corrected chi connectivity index (χ4v) is 5.93. The Morgan fingerprint density at radius 2 is 1.89 bits per heavy atom. The van der Waals surface area contributed by atoms with Crippen molar-refractivity contribution in [2.45, 2.75) is 55.9 Å². The van der Waals surface area contributed by atoms with E-state index >= 15 is 0 Å². The lowest BCUT2D eigenvalue weighted by Gasteiger charge is -2.27. The minimum atomic E-state index is -1.29. The van der Waals surface area contributed by atoms with Gasteiger partial charge in [0.1, 0.15) is 34.9 Å². The highest BCUT2D eigenvalue weighted by molar-refractivity contribution is 5.98. The molecule has 2 bridgehead atoms. The first-order valence-corrected chi connectivity index (χ1v) is 12.1. The Kier molecular flexibility index (Phi) is 5.14. The number of nitrogens with zero attached hydrogens (tertiary/aromatic N) is 3. The molecule has 1 aromatic carbocycles. The van der Waals surface area contributed by atoms with Gasteiger partial charge in [0.05, 0.1) is 17.6 Å². The topological polar surface area (TPSA) is 67.2 Å². The average Bonchev–Trinajstić information content (AvgIpc) is 3.51. The number of hydrogen-bond donors (Lipinski definition) is 1. The van der Waals surface area contributed by atoms with Crippen molar-refractivity contribution in [2.75, 3.05) is 18.0 Å². The van der Waals surface area contributed by atoms with Gasteiger partial charge in [0, 0.05) is 30.8 Å². The number of hydrogen-bond acceptors (Lipinski definition) is 4. The molecule has 188 valence electrons.